The molecule has 0 aliphatic carbocycles. The van der Waals surface area contributed by atoms with E-state index in [9.17, 15) is 5.11 Å². The van der Waals surface area contributed by atoms with Crippen molar-refractivity contribution >= 4 is 0 Å². The Morgan fingerprint density at radius 3 is 2.50 bits per heavy atom. The highest BCUT2D eigenvalue weighted by molar-refractivity contribution is 5.04. The van der Waals surface area contributed by atoms with Crippen molar-refractivity contribution in [3.8, 4) is 12.3 Å². The lowest BCUT2D eigenvalue weighted by molar-refractivity contribution is -0.0206. The molecule has 1 atom stereocenters. The summed E-state index contributed by atoms with van der Waals surface area (Å²) in [5.74, 6) is 2.23. The van der Waals surface area contributed by atoms with Gasteiger partial charge >= 0.3 is 0 Å². The van der Waals surface area contributed by atoms with Crippen molar-refractivity contribution in [2.75, 3.05) is 6.61 Å². The molecule has 10 heavy (non-hydrogen) atoms. The normalized spacial score (nSPS) is 16.4. The molecule has 0 fully saturated rings. The number of hydrogen-bond acceptors (Lipinski definition) is 2. The Hall–Kier alpha value is -0.520. The summed E-state index contributed by atoms with van der Waals surface area (Å²) in [5.41, 5.74) is -1.12. The number of ether oxygens (including phenoxy) is 1. The molecule has 0 aliphatic heterocycles. The van der Waals surface area contributed by atoms with Gasteiger partial charge < -0.3 is 9.84 Å². The van der Waals surface area contributed by atoms with Crippen molar-refractivity contribution < 1.29 is 9.84 Å². The molecule has 0 rings (SSSR count). The summed E-state index contributed by atoms with van der Waals surface area (Å²) in [5, 5.41) is 9.21. The fourth-order valence-electron chi connectivity index (χ4n) is 0.371. The Balaban J connectivity index is 3.60. The Morgan fingerprint density at radius 1 is 1.70 bits per heavy atom. The monoisotopic (exact) mass is 142 g/mol. The highest BCUT2D eigenvalue weighted by Crippen LogP contribution is 2.02. The molecule has 2 nitrogen and oxygen atoms in total. The van der Waals surface area contributed by atoms with E-state index in [1.807, 2.05) is 13.8 Å². The minimum Gasteiger partial charge on any atom is -0.375 e. The minimum absolute atomic E-state index is 0.111. The van der Waals surface area contributed by atoms with Crippen LogP contribution in [0.5, 0.6) is 0 Å². The van der Waals surface area contributed by atoms with Crippen LogP contribution in [0.1, 0.15) is 20.8 Å². The Bertz CT molecular complexity index is 131. The topological polar surface area (TPSA) is 29.5 Å². The Labute approximate surface area is 62.2 Å². The first-order valence-electron chi connectivity index (χ1n) is 3.29. The molecule has 0 aromatic carbocycles. The van der Waals surface area contributed by atoms with Gasteiger partial charge in [-0.15, -0.1) is 6.42 Å². The SMILES string of the molecule is C#CC(C)(O)COC(C)C. The number of aliphatic hydroxyl groups is 1. The molecule has 0 saturated heterocycles. The van der Waals surface area contributed by atoms with Crippen molar-refractivity contribution in [1.29, 1.82) is 0 Å². The fraction of sp³-hybridized carbons (Fsp3) is 0.750. The first-order chi connectivity index (χ1) is 4.48. The van der Waals surface area contributed by atoms with E-state index in [-0.39, 0.29) is 12.7 Å². The summed E-state index contributed by atoms with van der Waals surface area (Å²) < 4.78 is 5.11. The summed E-state index contributed by atoms with van der Waals surface area (Å²) in [4.78, 5) is 0. The van der Waals surface area contributed by atoms with Crippen molar-refractivity contribution in [2.24, 2.45) is 0 Å². The molecule has 0 radical (unpaired) electrons. The van der Waals surface area contributed by atoms with E-state index in [1.165, 1.54) is 0 Å². The van der Waals surface area contributed by atoms with E-state index in [0.717, 1.165) is 0 Å². The quantitative estimate of drug-likeness (QED) is 0.590. The number of hydrogen-bond donors (Lipinski definition) is 1. The van der Waals surface area contributed by atoms with Gasteiger partial charge in [0, 0.05) is 0 Å². The highest BCUT2D eigenvalue weighted by atomic mass is 16.5. The van der Waals surface area contributed by atoms with Crippen molar-refractivity contribution in [3.05, 3.63) is 0 Å². The first kappa shape index (κ1) is 9.48. The Morgan fingerprint density at radius 2 is 2.20 bits per heavy atom. The van der Waals surface area contributed by atoms with Gasteiger partial charge in [-0.05, 0) is 20.8 Å². The van der Waals surface area contributed by atoms with Crippen LogP contribution in [0.2, 0.25) is 0 Å². The average Bonchev–Trinajstić information content (AvgIpc) is 1.85. The second-order valence-corrected chi connectivity index (χ2v) is 2.78. The lowest BCUT2D eigenvalue weighted by atomic mass is 10.1. The molecule has 0 heterocycles. The van der Waals surface area contributed by atoms with Gasteiger partial charge in [0.25, 0.3) is 0 Å². The van der Waals surface area contributed by atoms with Crippen LogP contribution in [-0.4, -0.2) is 23.4 Å². The van der Waals surface area contributed by atoms with Crippen molar-refractivity contribution in [3.63, 3.8) is 0 Å². The summed E-state index contributed by atoms with van der Waals surface area (Å²) in [7, 11) is 0. The van der Waals surface area contributed by atoms with Crippen molar-refractivity contribution in [1.82, 2.24) is 0 Å². The molecule has 0 aromatic heterocycles. The molecule has 0 bridgehead atoms. The maximum atomic E-state index is 9.21. The van der Waals surface area contributed by atoms with Gasteiger partial charge in [0.15, 0.2) is 0 Å². The lowest BCUT2D eigenvalue weighted by Gasteiger charge is -2.17. The molecule has 0 spiro atoms. The van der Waals surface area contributed by atoms with Crippen LogP contribution >= 0.6 is 0 Å². The summed E-state index contributed by atoms with van der Waals surface area (Å²) in [6, 6.07) is 0. The third-order valence-electron chi connectivity index (χ3n) is 1.01. The van der Waals surface area contributed by atoms with E-state index in [4.69, 9.17) is 11.2 Å². The molecular formula is C8H14O2. The predicted octanol–water partition coefficient (Wildman–Crippen LogP) is 0.796. The second kappa shape index (κ2) is 3.60. The van der Waals surface area contributed by atoms with Gasteiger partial charge in [0.1, 0.15) is 5.60 Å². The smallest absolute Gasteiger partial charge is 0.145 e. The van der Waals surface area contributed by atoms with Crippen LogP contribution < -0.4 is 0 Å². The van der Waals surface area contributed by atoms with Crippen LogP contribution in [0.15, 0.2) is 0 Å². The number of rotatable bonds is 3. The highest BCUT2D eigenvalue weighted by Gasteiger charge is 2.16. The van der Waals surface area contributed by atoms with Crippen LogP contribution in [-0.2, 0) is 4.74 Å². The van der Waals surface area contributed by atoms with Crippen LogP contribution in [0.3, 0.4) is 0 Å². The molecule has 0 saturated carbocycles. The van der Waals surface area contributed by atoms with Crippen LogP contribution in [0.25, 0.3) is 0 Å². The van der Waals surface area contributed by atoms with Crippen molar-refractivity contribution in [2.45, 2.75) is 32.5 Å². The zero-order valence-electron chi connectivity index (χ0n) is 6.72. The standard InChI is InChI=1S/C8H14O2/c1-5-8(4,9)6-10-7(2)3/h1,7,9H,6H2,2-4H3. The van der Waals surface area contributed by atoms with E-state index in [2.05, 4.69) is 5.92 Å². The average molecular weight is 142 g/mol. The zero-order chi connectivity index (χ0) is 8.20. The molecule has 1 N–H and O–H groups in total. The number of terminal acetylenes is 1. The molecule has 2 heteroatoms. The molecule has 0 aromatic rings. The summed E-state index contributed by atoms with van der Waals surface area (Å²) in [6.07, 6.45) is 5.12. The maximum Gasteiger partial charge on any atom is 0.145 e. The summed E-state index contributed by atoms with van der Waals surface area (Å²) in [6.45, 7) is 5.54. The second-order valence-electron chi connectivity index (χ2n) is 2.78. The van der Waals surface area contributed by atoms with Gasteiger partial charge in [-0.1, -0.05) is 5.92 Å². The van der Waals surface area contributed by atoms with Gasteiger partial charge in [0.05, 0.1) is 12.7 Å². The van der Waals surface area contributed by atoms with Gasteiger partial charge in [-0.2, -0.15) is 0 Å². The first-order valence-corrected chi connectivity index (χ1v) is 3.29. The van der Waals surface area contributed by atoms with Gasteiger partial charge in [-0.3, -0.25) is 0 Å². The van der Waals surface area contributed by atoms with Crippen LogP contribution in [0, 0.1) is 12.3 Å². The minimum atomic E-state index is -1.12. The molecule has 0 aliphatic rings. The molecular weight excluding hydrogens is 128 g/mol. The molecule has 58 valence electrons. The maximum absolute atomic E-state index is 9.21. The molecule has 1 unspecified atom stereocenters. The largest absolute Gasteiger partial charge is 0.375 e. The molecule has 0 amide bonds. The predicted molar refractivity (Wildman–Crippen MR) is 40.5 cm³/mol. The third-order valence-corrected chi connectivity index (χ3v) is 1.01. The fourth-order valence-corrected chi connectivity index (χ4v) is 0.371. The third kappa shape index (κ3) is 4.37. The van der Waals surface area contributed by atoms with E-state index < -0.39 is 5.60 Å². The Kier molecular flexibility index (Phi) is 3.41. The van der Waals surface area contributed by atoms with Crippen LogP contribution in [0.4, 0.5) is 0 Å². The summed E-state index contributed by atoms with van der Waals surface area (Å²) >= 11 is 0. The van der Waals surface area contributed by atoms with E-state index in [0.29, 0.717) is 0 Å². The zero-order valence-corrected chi connectivity index (χ0v) is 6.72. The lowest BCUT2D eigenvalue weighted by Crippen LogP contribution is -2.29. The van der Waals surface area contributed by atoms with E-state index in [1.54, 1.807) is 6.92 Å². The van der Waals surface area contributed by atoms with Gasteiger partial charge in [0.2, 0.25) is 0 Å². The van der Waals surface area contributed by atoms with E-state index >= 15 is 0 Å². The van der Waals surface area contributed by atoms with Gasteiger partial charge in [-0.25, -0.2) is 0 Å².